The second-order valence-corrected chi connectivity index (χ2v) is 5.63. The zero-order valence-corrected chi connectivity index (χ0v) is 11.4. The summed E-state index contributed by atoms with van der Waals surface area (Å²) in [6.07, 6.45) is 8.65. The predicted octanol–water partition coefficient (Wildman–Crippen LogP) is 3.24. The minimum atomic E-state index is 0.283. The number of hydrogen-bond acceptors (Lipinski definition) is 2. The third kappa shape index (κ3) is 3.14. The van der Waals surface area contributed by atoms with E-state index in [1.165, 1.54) is 18.4 Å². The molecule has 1 aromatic rings. The third-order valence-electron chi connectivity index (χ3n) is 3.90. The summed E-state index contributed by atoms with van der Waals surface area (Å²) in [7, 11) is 0. The first-order valence-corrected chi connectivity index (χ1v) is 6.95. The van der Waals surface area contributed by atoms with Crippen LogP contribution in [0.3, 0.4) is 0 Å². The van der Waals surface area contributed by atoms with Crippen molar-refractivity contribution in [1.29, 1.82) is 5.26 Å². The molecule has 98 valence electrons. The Kier molecular flexibility index (Phi) is 4.08. The van der Waals surface area contributed by atoms with Crippen molar-refractivity contribution in [3.63, 3.8) is 0 Å². The second-order valence-electron chi connectivity index (χ2n) is 5.63. The van der Waals surface area contributed by atoms with Crippen LogP contribution in [0.1, 0.15) is 51.1 Å². The van der Waals surface area contributed by atoms with Crippen LogP contribution in [0.4, 0.5) is 0 Å². The zero-order chi connectivity index (χ0) is 13.0. The Labute approximate surface area is 110 Å². The van der Waals surface area contributed by atoms with Gasteiger partial charge in [-0.25, -0.2) is 0 Å². The van der Waals surface area contributed by atoms with E-state index in [2.05, 4.69) is 48.3 Å². The summed E-state index contributed by atoms with van der Waals surface area (Å²) in [5, 5.41) is 12.3. The van der Waals surface area contributed by atoms with Crippen molar-refractivity contribution >= 4 is 0 Å². The van der Waals surface area contributed by atoms with Gasteiger partial charge in [0.15, 0.2) is 0 Å². The van der Waals surface area contributed by atoms with Gasteiger partial charge in [0.2, 0.25) is 0 Å². The van der Waals surface area contributed by atoms with E-state index in [0.29, 0.717) is 12.5 Å². The molecule has 3 nitrogen and oxygen atoms in total. The normalized spacial score (nSPS) is 18.3. The molecule has 0 spiro atoms. The first kappa shape index (κ1) is 13.2. The Hall–Kier alpha value is -1.27. The summed E-state index contributed by atoms with van der Waals surface area (Å²) in [5.41, 5.74) is 1.63. The van der Waals surface area contributed by atoms with Crippen molar-refractivity contribution in [1.82, 2.24) is 9.88 Å². The van der Waals surface area contributed by atoms with Crippen LogP contribution >= 0.6 is 0 Å². The van der Waals surface area contributed by atoms with Gasteiger partial charge in [-0.3, -0.25) is 0 Å². The first-order chi connectivity index (χ1) is 8.69. The maximum absolute atomic E-state index is 8.84. The van der Waals surface area contributed by atoms with Crippen LogP contribution in [0, 0.1) is 16.7 Å². The van der Waals surface area contributed by atoms with E-state index in [9.17, 15) is 0 Å². The van der Waals surface area contributed by atoms with Crippen molar-refractivity contribution in [3.8, 4) is 6.07 Å². The Bertz CT molecular complexity index is 423. The molecular weight excluding hydrogens is 222 g/mol. The standard InChI is InChI=1S/C15H23N3/c1-3-9-17-13(2)14-4-10-18(11-14)12-15(5-6-15)7-8-16/h4,10-11,13,17H,3,5-7,9,12H2,1-2H3. The van der Waals surface area contributed by atoms with Crippen LogP contribution in [0.25, 0.3) is 0 Å². The molecule has 1 aromatic heterocycles. The Morgan fingerprint density at radius 2 is 2.33 bits per heavy atom. The zero-order valence-electron chi connectivity index (χ0n) is 11.4. The lowest BCUT2D eigenvalue weighted by molar-refractivity contribution is 0.431. The van der Waals surface area contributed by atoms with E-state index >= 15 is 0 Å². The maximum atomic E-state index is 8.84. The molecule has 1 N–H and O–H groups in total. The topological polar surface area (TPSA) is 40.8 Å². The Balaban J connectivity index is 1.92. The highest BCUT2D eigenvalue weighted by atomic mass is 15.0. The molecule has 0 amide bonds. The molecule has 0 aromatic carbocycles. The molecule has 0 aliphatic heterocycles. The van der Waals surface area contributed by atoms with Crippen molar-refractivity contribution in [3.05, 3.63) is 24.0 Å². The summed E-state index contributed by atoms with van der Waals surface area (Å²) >= 11 is 0. The molecule has 18 heavy (non-hydrogen) atoms. The summed E-state index contributed by atoms with van der Waals surface area (Å²) in [5.74, 6) is 0. The third-order valence-corrected chi connectivity index (χ3v) is 3.90. The fourth-order valence-corrected chi connectivity index (χ4v) is 2.42. The summed E-state index contributed by atoms with van der Waals surface area (Å²) < 4.78 is 2.25. The van der Waals surface area contributed by atoms with E-state index in [4.69, 9.17) is 5.26 Å². The van der Waals surface area contributed by atoms with Crippen molar-refractivity contribution in [2.75, 3.05) is 6.54 Å². The highest BCUT2D eigenvalue weighted by molar-refractivity contribution is 5.15. The number of hydrogen-bond donors (Lipinski definition) is 1. The highest BCUT2D eigenvalue weighted by Gasteiger charge is 2.42. The second kappa shape index (κ2) is 5.58. The van der Waals surface area contributed by atoms with Gasteiger partial charge in [0, 0.05) is 36.8 Å². The van der Waals surface area contributed by atoms with E-state index < -0.39 is 0 Å². The number of aromatic nitrogens is 1. The molecular formula is C15H23N3. The molecule has 1 fully saturated rings. The lowest BCUT2D eigenvalue weighted by atomic mass is 10.0. The van der Waals surface area contributed by atoms with Crippen molar-refractivity contribution in [2.45, 2.75) is 52.1 Å². The van der Waals surface area contributed by atoms with Gasteiger partial charge in [-0.2, -0.15) is 5.26 Å². The highest BCUT2D eigenvalue weighted by Crippen LogP contribution is 2.50. The van der Waals surface area contributed by atoms with Crippen molar-refractivity contribution < 1.29 is 0 Å². The summed E-state index contributed by atoms with van der Waals surface area (Å²) in [4.78, 5) is 0. The van der Waals surface area contributed by atoms with Gasteiger partial charge < -0.3 is 9.88 Å². The van der Waals surface area contributed by atoms with E-state index in [1.807, 2.05) is 0 Å². The van der Waals surface area contributed by atoms with Gasteiger partial charge in [0.05, 0.1) is 6.07 Å². The molecule has 2 rings (SSSR count). The fourth-order valence-electron chi connectivity index (χ4n) is 2.42. The molecule has 1 heterocycles. The van der Waals surface area contributed by atoms with E-state index in [1.54, 1.807) is 0 Å². The average molecular weight is 245 g/mol. The van der Waals surface area contributed by atoms with Gasteiger partial charge in [-0.1, -0.05) is 6.92 Å². The van der Waals surface area contributed by atoms with Crippen LogP contribution < -0.4 is 5.32 Å². The van der Waals surface area contributed by atoms with E-state index in [-0.39, 0.29) is 5.41 Å². The molecule has 3 heteroatoms. The maximum Gasteiger partial charge on any atom is 0.0628 e. The number of nitrogens with one attached hydrogen (secondary N) is 1. The monoisotopic (exact) mass is 245 g/mol. The minimum Gasteiger partial charge on any atom is -0.353 e. The molecule has 1 saturated carbocycles. The molecule has 1 aliphatic rings. The van der Waals surface area contributed by atoms with E-state index in [0.717, 1.165) is 19.5 Å². The molecule has 0 saturated heterocycles. The SMILES string of the molecule is CCCNC(C)c1ccn(CC2(CC#N)CC2)c1. The molecule has 0 radical (unpaired) electrons. The smallest absolute Gasteiger partial charge is 0.0628 e. The van der Waals surface area contributed by atoms with Crippen LogP contribution in [0.15, 0.2) is 18.5 Å². The number of nitriles is 1. The predicted molar refractivity (Wildman–Crippen MR) is 73.0 cm³/mol. The number of rotatable bonds is 7. The lowest BCUT2D eigenvalue weighted by Crippen LogP contribution is -2.18. The average Bonchev–Trinajstić information content (AvgIpc) is 2.94. The summed E-state index contributed by atoms with van der Waals surface area (Å²) in [6.45, 7) is 6.45. The van der Waals surface area contributed by atoms with Crippen LogP contribution in [0.5, 0.6) is 0 Å². The van der Waals surface area contributed by atoms with Crippen molar-refractivity contribution in [2.24, 2.45) is 5.41 Å². The van der Waals surface area contributed by atoms with Gasteiger partial charge in [0.1, 0.15) is 0 Å². The molecule has 0 bridgehead atoms. The van der Waals surface area contributed by atoms with Crippen LogP contribution in [0.2, 0.25) is 0 Å². The fraction of sp³-hybridized carbons (Fsp3) is 0.667. The van der Waals surface area contributed by atoms with Crippen LogP contribution in [-0.2, 0) is 6.54 Å². The molecule has 1 atom stereocenters. The molecule has 1 aliphatic carbocycles. The first-order valence-electron chi connectivity index (χ1n) is 6.95. The lowest BCUT2D eigenvalue weighted by Gasteiger charge is -2.13. The summed E-state index contributed by atoms with van der Waals surface area (Å²) in [6, 6.07) is 4.93. The van der Waals surface area contributed by atoms with Gasteiger partial charge in [0.25, 0.3) is 0 Å². The largest absolute Gasteiger partial charge is 0.353 e. The van der Waals surface area contributed by atoms with Gasteiger partial charge >= 0.3 is 0 Å². The van der Waals surface area contributed by atoms with Crippen LogP contribution in [-0.4, -0.2) is 11.1 Å². The van der Waals surface area contributed by atoms with Gasteiger partial charge in [-0.05, 0) is 44.4 Å². The number of nitrogens with zero attached hydrogens (tertiary/aromatic N) is 2. The Morgan fingerprint density at radius 1 is 1.56 bits per heavy atom. The Morgan fingerprint density at radius 3 is 2.94 bits per heavy atom. The quantitative estimate of drug-likeness (QED) is 0.801. The minimum absolute atomic E-state index is 0.283. The van der Waals surface area contributed by atoms with Gasteiger partial charge in [-0.15, -0.1) is 0 Å². The molecule has 1 unspecified atom stereocenters.